The van der Waals surface area contributed by atoms with Crippen LogP contribution in [-0.4, -0.2) is 57.5 Å². The maximum absolute atomic E-state index is 13.2. The Bertz CT molecular complexity index is 1370. The number of nitrogens with one attached hydrogen (secondary N) is 2. The van der Waals surface area contributed by atoms with E-state index in [4.69, 9.17) is 6.57 Å². The molecule has 1 unspecified atom stereocenters. The van der Waals surface area contributed by atoms with Crippen molar-refractivity contribution in [1.82, 2.24) is 24.2 Å². The van der Waals surface area contributed by atoms with Crippen LogP contribution in [0.4, 0.5) is 24.8 Å². The second kappa shape index (κ2) is 9.43. The standard InChI is InChI=1S/C22H24F3N7O2S/c1-4-35(33,34)32-7-5-14(6-8-32)13(2)30-21-29-12-18(26-3)19(31-21)17-11-28-20-16(17)9-15(10-27-20)22(23,24)25/h9-14H,4-8H2,1-2H3,(H,27,28)(H,29,30,31). The SMILES string of the molecule is [C-]#[N+]c1cnc(NC(C)C2CCN(S(=O)(=O)CC)CC2)nc1-c1c[nH]c2ncc(C(F)(F)F)cc12. The molecule has 0 radical (unpaired) electrons. The van der Waals surface area contributed by atoms with Crippen LogP contribution in [0.25, 0.3) is 27.1 Å². The van der Waals surface area contributed by atoms with Crippen molar-refractivity contribution >= 4 is 32.7 Å². The Morgan fingerprint density at radius 2 is 2.00 bits per heavy atom. The molecule has 186 valence electrons. The maximum atomic E-state index is 13.2. The third-order valence-electron chi connectivity index (χ3n) is 6.32. The van der Waals surface area contributed by atoms with E-state index >= 15 is 0 Å². The predicted octanol–water partition coefficient (Wildman–Crippen LogP) is 4.45. The van der Waals surface area contributed by atoms with Crippen molar-refractivity contribution in [3.05, 3.63) is 41.6 Å². The number of anilines is 1. The molecule has 1 aliphatic rings. The highest BCUT2D eigenvalue weighted by molar-refractivity contribution is 7.89. The molecule has 1 saturated heterocycles. The fourth-order valence-corrected chi connectivity index (χ4v) is 5.37. The van der Waals surface area contributed by atoms with Crippen molar-refractivity contribution in [2.45, 2.75) is 38.9 Å². The van der Waals surface area contributed by atoms with E-state index < -0.39 is 21.8 Å². The number of fused-ring (bicyclic) bond motifs is 1. The fraction of sp³-hybridized carbons (Fsp3) is 0.455. The van der Waals surface area contributed by atoms with Crippen molar-refractivity contribution in [2.75, 3.05) is 24.2 Å². The second-order valence-electron chi connectivity index (χ2n) is 8.43. The van der Waals surface area contributed by atoms with Gasteiger partial charge in [0.2, 0.25) is 21.7 Å². The molecule has 1 fully saturated rings. The molecule has 0 spiro atoms. The lowest BCUT2D eigenvalue weighted by Crippen LogP contribution is -2.42. The summed E-state index contributed by atoms with van der Waals surface area (Å²) < 4.78 is 65.4. The molecule has 1 aliphatic heterocycles. The number of pyridine rings is 1. The summed E-state index contributed by atoms with van der Waals surface area (Å²) in [6.45, 7) is 11.9. The minimum absolute atomic E-state index is 0.0727. The number of piperidine rings is 1. The second-order valence-corrected chi connectivity index (χ2v) is 10.7. The molecule has 35 heavy (non-hydrogen) atoms. The zero-order valence-corrected chi connectivity index (χ0v) is 19.9. The van der Waals surface area contributed by atoms with Gasteiger partial charge in [0.25, 0.3) is 0 Å². The number of nitrogens with zero attached hydrogens (tertiary/aromatic N) is 5. The van der Waals surface area contributed by atoms with Gasteiger partial charge in [0, 0.05) is 48.7 Å². The van der Waals surface area contributed by atoms with Gasteiger partial charge in [0.05, 0.1) is 23.6 Å². The van der Waals surface area contributed by atoms with Crippen molar-refractivity contribution < 1.29 is 21.6 Å². The van der Waals surface area contributed by atoms with E-state index in [1.54, 1.807) is 6.92 Å². The highest BCUT2D eigenvalue weighted by Crippen LogP contribution is 2.37. The van der Waals surface area contributed by atoms with Crippen molar-refractivity contribution in [1.29, 1.82) is 0 Å². The number of aromatic amines is 1. The molecular formula is C22H24F3N7O2S. The van der Waals surface area contributed by atoms with Gasteiger partial charge in [0.15, 0.2) is 0 Å². The average Bonchev–Trinajstić information content (AvgIpc) is 3.26. The third kappa shape index (κ3) is 5.08. The van der Waals surface area contributed by atoms with Gasteiger partial charge >= 0.3 is 6.18 Å². The molecule has 3 aromatic rings. The number of hydrogen-bond donors (Lipinski definition) is 2. The smallest absolute Gasteiger partial charge is 0.352 e. The normalized spacial score (nSPS) is 16.8. The van der Waals surface area contributed by atoms with Gasteiger partial charge in [-0.25, -0.2) is 32.5 Å². The molecule has 0 aliphatic carbocycles. The molecule has 0 saturated carbocycles. The molecule has 13 heteroatoms. The predicted molar refractivity (Wildman–Crippen MR) is 125 cm³/mol. The fourth-order valence-electron chi connectivity index (χ4n) is 4.24. The van der Waals surface area contributed by atoms with Crippen LogP contribution in [0, 0.1) is 12.5 Å². The number of hydrogen-bond acceptors (Lipinski definition) is 6. The number of rotatable bonds is 6. The van der Waals surface area contributed by atoms with E-state index in [1.165, 1.54) is 16.7 Å². The summed E-state index contributed by atoms with van der Waals surface area (Å²) in [7, 11) is -3.22. The Morgan fingerprint density at radius 1 is 1.29 bits per heavy atom. The Labute approximate surface area is 200 Å². The number of sulfonamides is 1. The Balaban J connectivity index is 1.58. The van der Waals surface area contributed by atoms with E-state index in [-0.39, 0.29) is 46.1 Å². The van der Waals surface area contributed by atoms with Gasteiger partial charge in [-0.05, 0) is 38.7 Å². The monoisotopic (exact) mass is 507 g/mol. The lowest BCUT2D eigenvalue weighted by molar-refractivity contribution is -0.137. The van der Waals surface area contributed by atoms with Crippen LogP contribution in [-0.2, 0) is 16.2 Å². The summed E-state index contributed by atoms with van der Waals surface area (Å²) in [4.78, 5) is 18.8. The summed E-state index contributed by atoms with van der Waals surface area (Å²) in [5.74, 6) is 0.485. The van der Waals surface area contributed by atoms with Crippen LogP contribution in [0.2, 0.25) is 0 Å². The average molecular weight is 508 g/mol. The first-order valence-corrected chi connectivity index (χ1v) is 12.7. The highest BCUT2D eigenvalue weighted by Gasteiger charge is 2.32. The van der Waals surface area contributed by atoms with Crippen molar-refractivity contribution in [3.63, 3.8) is 0 Å². The highest BCUT2D eigenvalue weighted by atomic mass is 32.2. The van der Waals surface area contributed by atoms with Crippen molar-refractivity contribution in [2.24, 2.45) is 5.92 Å². The quantitative estimate of drug-likeness (QED) is 0.477. The lowest BCUT2D eigenvalue weighted by atomic mass is 9.91. The van der Waals surface area contributed by atoms with Crippen LogP contribution >= 0.6 is 0 Å². The molecule has 2 N–H and O–H groups in total. The molecule has 3 aromatic heterocycles. The molecule has 0 aromatic carbocycles. The zero-order chi connectivity index (χ0) is 25.4. The summed E-state index contributed by atoms with van der Waals surface area (Å²) in [6, 6.07) is 0.896. The minimum Gasteiger partial charge on any atom is -0.352 e. The van der Waals surface area contributed by atoms with Crippen molar-refractivity contribution in [3.8, 4) is 11.3 Å². The molecule has 4 rings (SSSR count). The molecule has 0 amide bonds. The first kappa shape index (κ1) is 24.9. The van der Waals surface area contributed by atoms with E-state index in [0.717, 1.165) is 12.3 Å². The largest absolute Gasteiger partial charge is 0.417 e. The first-order valence-electron chi connectivity index (χ1n) is 11.1. The molecule has 0 bridgehead atoms. The molecule has 9 nitrogen and oxygen atoms in total. The van der Waals surface area contributed by atoms with E-state index in [0.29, 0.717) is 31.5 Å². The van der Waals surface area contributed by atoms with Gasteiger partial charge in [-0.1, -0.05) is 0 Å². The van der Waals surface area contributed by atoms with E-state index in [1.807, 2.05) is 6.92 Å². The first-order chi connectivity index (χ1) is 16.5. The summed E-state index contributed by atoms with van der Waals surface area (Å²) in [6.07, 6.45) is 0.359. The van der Waals surface area contributed by atoms with Crippen LogP contribution in [0.3, 0.4) is 0 Å². The van der Waals surface area contributed by atoms with Gasteiger partial charge in [-0.15, -0.1) is 0 Å². The van der Waals surface area contributed by atoms with Crippen LogP contribution in [0.15, 0.2) is 24.7 Å². The molecule has 1 atom stereocenters. The summed E-state index contributed by atoms with van der Waals surface area (Å²) in [5.41, 5.74) is -0.0341. The number of alkyl halides is 3. The van der Waals surface area contributed by atoms with Crippen LogP contribution < -0.4 is 5.32 Å². The Kier molecular flexibility index (Phi) is 6.70. The zero-order valence-electron chi connectivity index (χ0n) is 19.1. The Morgan fingerprint density at radius 3 is 2.63 bits per heavy atom. The number of halogens is 3. The van der Waals surface area contributed by atoms with Gasteiger partial charge in [-0.3, -0.25) is 0 Å². The molecular weight excluding hydrogens is 483 g/mol. The van der Waals surface area contributed by atoms with Gasteiger partial charge < -0.3 is 10.3 Å². The minimum atomic E-state index is -4.56. The maximum Gasteiger partial charge on any atom is 0.417 e. The van der Waals surface area contributed by atoms with Crippen LogP contribution in [0.1, 0.15) is 32.3 Å². The molecule has 4 heterocycles. The van der Waals surface area contributed by atoms with E-state index in [9.17, 15) is 21.6 Å². The Hall–Kier alpha value is -3.24. The van der Waals surface area contributed by atoms with Gasteiger partial charge in [-0.2, -0.15) is 13.2 Å². The third-order valence-corrected chi connectivity index (χ3v) is 8.21. The van der Waals surface area contributed by atoms with Gasteiger partial charge in [0.1, 0.15) is 5.65 Å². The number of H-pyrrole nitrogens is 1. The van der Waals surface area contributed by atoms with Crippen LogP contribution in [0.5, 0.6) is 0 Å². The lowest BCUT2D eigenvalue weighted by Gasteiger charge is -2.34. The summed E-state index contributed by atoms with van der Waals surface area (Å²) >= 11 is 0. The topological polar surface area (TPSA) is 108 Å². The van der Waals surface area contributed by atoms with E-state index in [2.05, 4.69) is 30.1 Å². The summed E-state index contributed by atoms with van der Waals surface area (Å²) in [5, 5.41) is 3.42. The number of aromatic nitrogens is 4.